The number of hydrogen-bond donors (Lipinski definition) is 0. The first kappa shape index (κ1) is 12.8. The Balaban J connectivity index is 2.23. The maximum absolute atomic E-state index is 5.78. The summed E-state index contributed by atoms with van der Waals surface area (Å²) in [5.74, 6) is 1.71. The van der Waals surface area contributed by atoms with Crippen LogP contribution >= 0.6 is 11.6 Å². The van der Waals surface area contributed by atoms with Crippen molar-refractivity contribution in [1.82, 2.24) is 9.97 Å². The molecule has 0 aliphatic carbocycles. The number of hydrogen-bond acceptors (Lipinski definition) is 3. The Labute approximate surface area is 112 Å². The summed E-state index contributed by atoms with van der Waals surface area (Å²) >= 11 is 5.78. The van der Waals surface area contributed by atoms with Gasteiger partial charge in [-0.1, -0.05) is 31.5 Å². The van der Waals surface area contributed by atoms with E-state index in [2.05, 4.69) is 36.8 Å². The van der Waals surface area contributed by atoms with Crippen LogP contribution in [-0.4, -0.2) is 9.97 Å². The zero-order chi connectivity index (χ0) is 13.1. The van der Waals surface area contributed by atoms with E-state index in [-0.39, 0.29) is 0 Å². The SMILES string of the molecule is Cc1cc(Oc2cc(Cl)ncn2)ccc1C(C)C. The lowest BCUT2D eigenvalue weighted by atomic mass is 9.98. The minimum atomic E-state index is 0.371. The molecule has 1 aromatic heterocycles. The van der Waals surface area contributed by atoms with Crippen LogP contribution in [0.2, 0.25) is 5.15 Å². The second kappa shape index (κ2) is 5.36. The second-order valence-corrected chi connectivity index (χ2v) is 4.84. The normalized spacial score (nSPS) is 10.7. The summed E-state index contributed by atoms with van der Waals surface area (Å²) in [5, 5.41) is 0.371. The van der Waals surface area contributed by atoms with Gasteiger partial charge in [0.1, 0.15) is 17.2 Å². The first-order valence-electron chi connectivity index (χ1n) is 5.82. The summed E-state index contributed by atoms with van der Waals surface area (Å²) in [6.07, 6.45) is 1.38. The summed E-state index contributed by atoms with van der Waals surface area (Å²) in [4.78, 5) is 7.81. The lowest BCUT2D eigenvalue weighted by molar-refractivity contribution is 0.461. The van der Waals surface area contributed by atoms with Crippen LogP contribution in [-0.2, 0) is 0 Å². The highest BCUT2D eigenvalue weighted by atomic mass is 35.5. The van der Waals surface area contributed by atoms with Crippen LogP contribution in [0.15, 0.2) is 30.6 Å². The molecule has 0 N–H and O–H groups in total. The van der Waals surface area contributed by atoms with Crippen molar-refractivity contribution in [2.24, 2.45) is 0 Å². The van der Waals surface area contributed by atoms with Crippen LogP contribution < -0.4 is 4.74 Å². The Hall–Kier alpha value is -1.61. The van der Waals surface area contributed by atoms with Crippen molar-refractivity contribution in [3.05, 3.63) is 46.9 Å². The molecule has 2 rings (SSSR count). The van der Waals surface area contributed by atoms with Crippen molar-refractivity contribution >= 4 is 11.6 Å². The van der Waals surface area contributed by atoms with Gasteiger partial charge < -0.3 is 4.74 Å². The van der Waals surface area contributed by atoms with E-state index in [0.717, 1.165) is 5.75 Å². The number of aromatic nitrogens is 2. The standard InChI is InChI=1S/C14H15ClN2O/c1-9(2)12-5-4-11(6-10(12)3)18-14-7-13(15)16-8-17-14/h4-9H,1-3H3. The molecule has 2 aromatic rings. The molecule has 0 atom stereocenters. The van der Waals surface area contributed by atoms with Gasteiger partial charge >= 0.3 is 0 Å². The fraction of sp³-hybridized carbons (Fsp3) is 0.286. The van der Waals surface area contributed by atoms with Crippen molar-refractivity contribution < 1.29 is 4.74 Å². The third kappa shape index (κ3) is 2.99. The average Bonchev–Trinajstić information content (AvgIpc) is 2.28. The molecule has 0 aliphatic rings. The molecule has 4 heteroatoms. The zero-order valence-electron chi connectivity index (χ0n) is 10.6. The van der Waals surface area contributed by atoms with Gasteiger partial charge in [0.2, 0.25) is 5.88 Å². The molecule has 0 spiro atoms. The van der Waals surface area contributed by atoms with Crippen LogP contribution in [0, 0.1) is 6.92 Å². The van der Waals surface area contributed by atoms with Crippen LogP contribution in [0.4, 0.5) is 0 Å². The first-order chi connectivity index (χ1) is 8.56. The molecule has 0 unspecified atom stereocenters. The minimum absolute atomic E-state index is 0.371. The van der Waals surface area contributed by atoms with E-state index in [1.165, 1.54) is 17.5 Å². The van der Waals surface area contributed by atoms with E-state index >= 15 is 0 Å². The van der Waals surface area contributed by atoms with E-state index in [1.807, 2.05) is 12.1 Å². The molecule has 0 saturated carbocycles. The summed E-state index contributed by atoms with van der Waals surface area (Å²) in [6, 6.07) is 7.62. The fourth-order valence-electron chi connectivity index (χ4n) is 1.85. The Kier molecular flexibility index (Phi) is 3.82. The molecule has 0 aliphatic heterocycles. The first-order valence-corrected chi connectivity index (χ1v) is 6.20. The number of halogens is 1. The Morgan fingerprint density at radius 1 is 1.17 bits per heavy atom. The molecule has 1 aromatic carbocycles. The summed E-state index contributed by atoms with van der Waals surface area (Å²) < 4.78 is 5.64. The topological polar surface area (TPSA) is 35.0 Å². The van der Waals surface area contributed by atoms with Crippen LogP contribution in [0.3, 0.4) is 0 Å². The van der Waals surface area contributed by atoms with Gasteiger partial charge in [0.15, 0.2) is 0 Å². The van der Waals surface area contributed by atoms with E-state index in [1.54, 1.807) is 6.07 Å². The summed E-state index contributed by atoms with van der Waals surface area (Å²) in [5.41, 5.74) is 2.53. The van der Waals surface area contributed by atoms with Gasteiger partial charge in [0.05, 0.1) is 0 Å². The van der Waals surface area contributed by atoms with Gasteiger partial charge in [-0.25, -0.2) is 9.97 Å². The number of rotatable bonds is 3. The van der Waals surface area contributed by atoms with Crippen LogP contribution in [0.1, 0.15) is 30.9 Å². The molecule has 0 bridgehead atoms. The number of aryl methyl sites for hydroxylation is 1. The molecule has 94 valence electrons. The van der Waals surface area contributed by atoms with Crippen molar-refractivity contribution in [2.45, 2.75) is 26.7 Å². The minimum Gasteiger partial charge on any atom is -0.439 e. The number of nitrogens with zero attached hydrogens (tertiary/aromatic N) is 2. The molecule has 1 heterocycles. The number of ether oxygens (including phenoxy) is 1. The van der Waals surface area contributed by atoms with Gasteiger partial charge in [-0.05, 0) is 36.1 Å². The van der Waals surface area contributed by atoms with E-state index in [4.69, 9.17) is 16.3 Å². The maximum atomic E-state index is 5.78. The highest BCUT2D eigenvalue weighted by Crippen LogP contribution is 2.26. The van der Waals surface area contributed by atoms with Gasteiger partial charge in [-0.15, -0.1) is 0 Å². The Morgan fingerprint density at radius 3 is 2.56 bits per heavy atom. The predicted octanol–water partition coefficient (Wildman–Crippen LogP) is 4.35. The molecule has 0 saturated heterocycles. The van der Waals surface area contributed by atoms with Crippen molar-refractivity contribution in [3.63, 3.8) is 0 Å². The summed E-state index contributed by atoms with van der Waals surface area (Å²) in [6.45, 7) is 6.43. The lowest BCUT2D eigenvalue weighted by Gasteiger charge is -2.11. The van der Waals surface area contributed by atoms with Gasteiger partial charge in [0.25, 0.3) is 0 Å². The second-order valence-electron chi connectivity index (χ2n) is 4.45. The van der Waals surface area contributed by atoms with Crippen LogP contribution in [0.25, 0.3) is 0 Å². The molecule has 3 nitrogen and oxygen atoms in total. The average molecular weight is 263 g/mol. The van der Waals surface area contributed by atoms with Crippen molar-refractivity contribution in [1.29, 1.82) is 0 Å². The van der Waals surface area contributed by atoms with Crippen LogP contribution in [0.5, 0.6) is 11.6 Å². The van der Waals surface area contributed by atoms with E-state index in [0.29, 0.717) is 17.0 Å². The zero-order valence-corrected chi connectivity index (χ0v) is 11.4. The molecule has 0 radical (unpaired) electrons. The highest BCUT2D eigenvalue weighted by molar-refractivity contribution is 6.29. The van der Waals surface area contributed by atoms with Crippen molar-refractivity contribution in [3.8, 4) is 11.6 Å². The maximum Gasteiger partial charge on any atom is 0.223 e. The molecule has 0 fully saturated rings. The third-order valence-corrected chi connectivity index (χ3v) is 2.90. The van der Waals surface area contributed by atoms with Gasteiger partial charge in [-0.3, -0.25) is 0 Å². The Bertz CT molecular complexity index is 555. The molecular weight excluding hydrogens is 248 g/mol. The van der Waals surface area contributed by atoms with Crippen molar-refractivity contribution in [2.75, 3.05) is 0 Å². The smallest absolute Gasteiger partial charge is 0.223 e. The lowest BCUT2D eigenvalue weighted by Crippen LogP contribution is -1.94. The monoisotopic (exact) mass is 262 g/mol. The third-order valence-electron chi connectivity index (χ3n) is 2.69. The molecule has 0 amide bonds. The Morgan fingerprint density at radius 2 is 1.94 bits per heavy atom. The number of benzene rings is 1. The van der Waals surface area contributed by atoms with E-state index in [9.17, 15) is 0 Å². The summed E-state index contributed by atoms with van der Waals surface area (Å²) in [7, 11) is 0. The largest absolute Gasteiger partial charge is 0.439 e. The molecule has 18 heavy (non-hydrogen) atoms. The van der Waals surface area contributed by atoms with E-state index < -0.39 is 0 Å². The highest BCUT2D eigenvalue weighted by Gasteiger charge is 2.06. The van der Waals surface area contributed by atoms with Gasteiger partial charge in [-0.2, -0.15) is 0 Å². The predicted molar refractivity (Wildman–Crippen MR) is 72.4 cm³/mol. The van der Waals surface area contributed by atoms with Gasteiger partial charge in [0, 0.05) is 6.07 Å². The molecular formula is C14H15ClN2O. The quantitative estimate of drug-likeness (QED) is 0.771. The fourth-order valence-corrected chi connectivity index (χ4v) is 1.99.